The molecule has 3 aromatic rings. The molecule has 0 unspecified atom stereocenters. The third-order valence-corrected chi connectivity index (χ3v) is 6.05. The van der Waals surface area contributed by atoms with Crippen LogP contribution in [-0.2, 0) is 23.1 Å². The third kappa shape index (κ3) is 3.94. The molecule has 4 heterocycles. The van der Waals surface area contributed by atoms with E-state index in [1.807, 2.05) is 55.1 Å². The number of hydrogen-bond donors (Lipinski definition) is 1. The smallest absolute Gasteiger partial charge is 0.245 e. The van der Waals surface area contributed by atoms with Gasteiger partial charge in [-0.2, -0.15) is 5.10 Å². The molecule has 1 aliphatic heterocycles. The molecule has 0 saturated carbocycles. The minimum Gasteiger partial charge on any atom is -0.372 e. The van der Waals surface area contributed by atoms with Gasteiger partial charge < -0.3 is 19.5 Å². The number of carbonyl (C=O) groups excluding carboxylic acids is 1. The Kier molecular flexibility index (Phi) is 6.14. The molecule has 10 heteroatoms. The molecular formula is C22H32N8O2. The maximum Gasteiger partial charge on any atom is 0.245 e. The first-order valence-electron chi connectivity index (χ1n) is 11.2. The summed E-state index contributed by atoms with van der Waals surface area (Å²) in [5, 5.41) is 7.79. The summed E-state index contributed by atoms with van der Waals surface area (Å²) in [6, 6.07) is -0.402. The van der Waals surface area contributed by atoms with Gasteiger partial charge in [0.05, 0.1) is 24.0 Å². The highest BCUT2D eigenvalue weighted by Crippen LogP contribution is 2.28. The second-order valence-electron chi connectivity index (χ2n) is 8.45. The third-order valence-electron chi connectivity index (χ3n) is 6.05. The van der Waals surface area contributed by atoms with E-state index in [4.69, 9.17) is 9.72 Å². The first kappa shape index (κ1) is 22.2. The van der Waals surface area contributed by atoms with Crippen LogP contribution in [0.5, 0.6) is 0 Å². The molecule has 3 atom stereocenters. The summed E-state index contributed by atoms with van der Waals surface area (Å²) < 4.78 is 9.66. The first-order valence-corrected chi connectivity index (χ1v) is 11.2. The fourth-order valence-corrected chi connectivity index (χ4v) is 4.41. The number of anilines is 1. The van der Waals surface area contributed by atoms with Crippen molar-refractivity contribution in [1.82, 2.24) is 34.2 Å². The van der Waals surface area contributed by atoms with Crippen LogP contribution in [0.4, 0.5) is 5.82 Å². The van der Waals surface area contributed by atoms with E-state index in [-0.39, 0.29) is 18.1 Å². The van der Waals surface area contributed by atoms with Crippen molar-refractivity contribution in [3.63, 3.8) is 0 Å². The Balaban J connectivity index is 1.65. The van der Waals surface area contributed by atoms with Gasteiger partial charge in [0.15, 0.2) is 17.0 Å². The van der Waals surface area contributed by atoms with Crippen molar-refractivity contribution in [1.29, 1.82) is 0 Å². The van der Waals surface area contributed by atoms with E-state index in [0.717, 1.165) is 23.6 Å². The van der Waals surface area contributed by atoms with Crippen LogP contribution >= 0.6 is 0 Å². The molecule has 1 N–H and O–H groups in total. The van der Waals surface area contributed by atoms with Crippen molar-refractivity contribution < 1.29 is 9.53 Å². The molecule has 10 nitrogen and oxygen atoms in total. The van der Waals surface area contributed by atoms with Crippen LogP contribution in [0.15, 0.2) is 12.5 Å². The van der Waals surface area contributed by atoms with Crippen LogP contribution in [-0.4, -0.2) is 71.4 Å². The summed E-state index contributed by atoms with van der Waals surface area (Å²) in [7, 11) is 1.93. The Bertz CT molecular complexity index is 1110. The second-order valence-corrected chi connectivity index (χ2v) is 8.45. The molecule has 172 valence electrons. The quantitative estimate of drug-likeness (QED) is 0.628. The predicted molar refractivity (Wildman–Crippen MR) is 122 cm³/mol. The Morgan fingerprint density at radius 2 is 1.97 bits per heavy atom. The Hall–Kier alpha value is -3.01. The fraction of sp³-hybridized carbons (Fsp3) is 0.591. The van der Waals surface area contributed by atoms with Crippen LogP contribution < -0.4 is 5.32 Å². The van der Waals surface area contributed by atoms with Gasteiger partial charge in [-0.3, -0.25) is 9.48 Å². The molecule has 0 bridgehead atoms. The van der Waals surface area contributed by atoms with E-state index >= 15 is 0 Å². The summed E-state index contributed by atoms with van der Waals surface area (Å²) in [6.07, 6.45) is 4.02. The van der Waals surface area contributed by atoms with Crippen LogP contribution in [0, 0.1) is 6.92 Å². The maximum absolute atomic E-state index is 13.3. The van der Waals surface area contributed by atoms with E-state index in [1.165, 1.54) is 6.33 Å². The number of aromatic nitrogens is 6. The number of rotatable bonds is 6. The number of imidazole rings is 1. The Morgan fingerprint density at radius 1 is 1.25 bits per heavy atom. The zero-order valence-corrected chi connectivity index (χ0v) is 19.7. The molecule has 32 heavy (non-hydrogen) atoms. The lowest BCUT2D eigenvalue weighted by molar-refractivity contribution is -0.144. The minimum absolute atomic E-state index is 0.0246. The van der Waals surface area contributed by atoms with Gasteiger partial charge in [0.25, 0.3) is 0 Å². The largest absolute Gasteiger partial charge is 0.372 e. The van der Waals surface area contributed by atoms with Gasteiger partial charge in [0, 0.05) is 32.4 Å². The SMILES string of the molecule is CC[C@H](Nc1ncnc2c1nc(-c1cnn(CC)c1C)n2C)C(=O)N1C[C@@H](C)O[C@@H](C)C1. The standard InChI is InChI=1S/C22H32N8O2/c1-7-17(22(31)29-10-13(3)32-14(4)11-29)26-19-18-21(24-12-23-19)28(6)20(27-18)16-9-25-30(8-2)15(16)5/h9,12-14,17H,7-8,10-11H2,1-6H3,(H,23,24,26)/t13-,14+,17-/m0/s1. The van der Waals surface area contributed by atoms with Gasteiger partial charge in [-0.05, 0) is 34.1 Å². The van der Waals surface area contributed by atoms with Crippen molar-refractivity contribution in [2.45, 2.75) is 65.8 Å². The molecule has 4 rings (SSSR count). The number of carbonyl (C=O) groups is 1. The molecule has 0 aliphatic carbocycles. The van der Waals surface area contributed by atoms with Crippen molar-refractivity contribution in [3.05, 3.63) is 18.2 Å². The van der Waals surface area contributed by atoms with Crippen molar-refractivity contribution in [2.24, 2.45) is 7.05 Å². The molecule has 0 aromatic carbocycles. The highest BCUT2D eigenvalue weighted by molar-refractivity contribution is 5.90. The van der Waals surface area contributed by atoms with Crippen LogP contribution in [0.25, 0.3) is 22.6 Å². The average Bonchev–Trinajstić information content (AvgIpc) is 3.30. The molecule has 0 radical (unpaired) electrons. The van der Waals surface area contributed by atoms with E-state index in [1.54, 1.807) is 0 Å². The molecule has 0 spiro atoms. The number of amides is 1. The van der Waals surface area contributed by atoms with Gasteiger partial charge in [-0.25, -0.2) is 15.0 Å². The van der Waals surface area contributed by atoms with Gasteiger partial charge in [-0.1, -0.05) is 6.92 Å². The van der Waals surface area contributed by atoms with E-state index < -0.39 is 6.04 Å². The van der Waals surface area contributed by atoms with Crippen molar-refractivity contribution in [2.75, 3.05) is 18.4 Å². The maximum atomic E-state index is 13.3. The predicted octanol–water partition coefficient (Wildman–Crippen LogP) is 2.38. The molecule has 1 saturated heterocycles. The zero-order chi connectivity index (χ0) is 23.0. The summed E-state index contributed by atoms with van der Waals surface area (Å²) in [6.45, 7) is 12.1. The second kappa shape index (κ2) is 8.85. The lowest BCUT2D eigenvalue weighted by Gasteiger charge is -2.37. The summed E-state index contributed by atoms with van der Waals surface area (Å²) in [4.78, 5) is 28.9. The van der Waals surface area contributed by atoms with Gasteiger partial charge in [-0.15, -0.1) is 0 Å². The molecule has 1 aliphatic rings. The average molecular weight is 441 g/mol. The number of nitrogens with one attached hydrogen (secondary N) is 1. The number of fused-ring (bicyclic) bond motifs is 1. The Labute approximate surface area is 188 Å². The summed E-state index contributed by atoms with van der Waals surface area (Å²) in [5.41, 5.74) is 3.35. The molecule has 3 aromatic heterocycles. The van der Waals surface area contributed by atoms with Gasteiger partial charge in [0.1, 0.15) is 18.2 Å². The minimum atomic E-state index is -0.402. The summed E-state index contributed by atoms with van der Waals surface area (Å²) >= 11 is 0. The fourth-order valence-electron chi connectivity index (χ4n) is 4.41. The zero-order valence-electron chi connectivity index (χ0n) is 19.7. The van der Waals surface area contributed by atoms with Gasteiger partial charge >= 0.3 is 0 Å². The van der Waals surface area contributed by atoms with E-state index in [2.05, 4.69) is 27.3 Å². The number of morpholine rings is 1. The summed E-state index contributed by atoms with van der Waals surface area (Å²) in [5.74, 6) is 1.39. The lowest BCUT2D eigenvalue weighted by Crippen LogP contribution is -2.52. The van der Waals surface area contributed by atoms with Crippen molar-refractivity contribution >= 4 is 22.9 Å². The highest BCUT2D eigenvalue weighted by atomic mass is 16.5. The first-order chi connectivity index (χ1) is 15.3. The number of ether oxygens (including phenoxy) is 1. The number of hydrogen-bond acceptors (Lipinski definition) is 7. The normalized spacial score (nSPS) is 20.0. The molecule has 1 amide bonds. The van der Waals surface area contributed by atoms with Crippen LogP contribution in [0.2, 0.25) is 0 Å². The number of nitrogens with zero attached hydrogens (tertiary/aromatic N) is 7. The van der Waals surface area contributed by atoms with Crippen molar-refractivity contribution in [3.8, 4) is 11.4 Å². The molecular weight excluding hydrogens is 408 g/mol. The number of aryl methyl sites for hydroxylation is 2. The van der Waals surface area contributed by atoms with E-state index in [9.17, 15) is 4.79 Å². The Morgan fingerprint density at radius 3 is 2.59 bits per heavy atom. The van der Waals surface area contributed by atoms with Gasteiger partial charge in [0.2, 0.25) is 5.91 Å². The van der Waals surface area contributed by atoms with Crippen LogP contribution in [0.3, 0.4) is 0 Å². The topological polar surface area (TPSA) is 103 Å². The monoisotopic (exact) mass is 440 g/mol. The van der Waals surface area contributed by atoms with E-state index in [0.29, 0.717) is 36.5 Å². The van der Waals surface area contributed by atoms with Crippen LogP contribution in [0.1, 0.15) is 39.8 Å². The molecule has 1 fully saturated rings. The highest BCUT2D eigenvalue weighted by Gasteiger charge is 2.30. The lowest BCUT2D eigenvalue weighted by atomic mass is 10.1.